The van der Waals surface area contributed by atoms with E-state index in [1.54, 1.807) is 18.7 Å². The highest BCUT2D eigenvalue weighted by Crippen LogP contribution is 2.33. The van der Waals surface area contributed by atoms with Crippen molar-refractivity contribution in [3.8, 4) is 0 Å². The first kappa shape index (κ1) is 9.24. The number of nitrogens with zero attached hydrogens (tertiary/aromatic N) is 1. The van der Waals surface area contributed by atoms with Crippen LogP contribution in [-0.4, -0.2) is 29.2 Å². The van der Waals surface area contributed by atoms with Crippen LogP contribution in [0.5, 0.6) is 0 Å². The van der Waals surface area contributed by atoms with Crippen LogP contribution in [0, 0.1) is 5.41 Å². The van der Waals surface area contributed by atoms with Gasteiger partial charge in [0.2, 0.25) is 5.91 Å². The molecule has 0 aromatic heterocycles. The molecule has 0 spiro atoms. The number of amides is 1. The van der Waals surface area contributed by atoms with Crippen LogP contribution in [0.4, 0.5) is 0 Å². The molecular weight excluding hydrogens is 182 g/mol. The predicted molar refractivity (Wildman–Crippen MR) is 49.1 cm³/mol. The van der Waals surface area contributed by atoms with E-state index in [1.165, 1.54) is 6.08 Å². The van der Waals surface area contributed by atoms with Gasteiger partial charge in [0.1, 0.15) is 11.5 Å². The zero-order chi connectivity index (χ0) is 10.5. The van der Waals surface area contributed by atoms with Crippen molar-refractivity contribution in [3.05, 3.63) is 12.0 Å². The summed E-state index contributed by atoms with van der Waals surface area (Å²) in [5.41, 5.74) is -0.934. The summed E-state index contributed by atoms with van der Waals surface area (Å²) in [7, 11) is 0. The number of ketones is 1. The molecule has 1 amide bonds. The van der Waals surface area contributed by atoms with E-state index in [-0.39, 0.29) is 17.8 Å². The molecule has 76 valence electrons. The van der Waals surface area contributed by atoms with Crippen LogP contribution in [0.2, 0.25) is 0 Å². The van der Waals surface area contributed by atoms with E-state index in [0.29, 0.717) is 12.4 Å². The standard InChI is InChI=1S/C10H13NO3/c1-6-5-11-8(14-6)4-7(12)10(2,3)9(11)13/h4,6H,5H2,1-3H3. The molecular formula is C10H13NO3. The third-order valence-electron chi connectivity index (χ3n) is 2.68. The van der Waals surface area contributed by atoms with Gasteiger partial charge >= 0.3 is 0 Å². The molecule has 2 heterocycles. The maximum Gasteiger partial charge on any atom is 0.242 e. The first-order valence-electron chi connectivity index (χ1n) is 4.67. The molecule has 1 unspecified atom stereocenters. The summed E-state index contributed by atoms with van der Waals surface area (Å²) < 4.78 is 5.34. The molecule has 2 aliphatic heterocycles. The van der Waals surface area contributed by atoms with Gasteiger partial charge in [-0.15, -0.1) is 0 Å². The van der Waals surface area contributed by atoms with E-state index in [2.05, 4.69) is 0 Å². The van der Waals surface area contributed by atoms with Crippen molar-refractivity contribution in [1.29, 1.82) is 0 Å². The number of carbonyl (C=O) groups excluding carboxylic acids is 2. The molecule has 2 aliphatic rings. The van der Waals surface area contributed by atoms with Gasteiger partial charge in [0.15, 0.2) is 11.7 Å². The highest BCUT2D eigenvalue weighted by atomic mass is 16.5. The van der Waals surface area contributed by atoms with Crippen LogP contribution >= 0.6 is 0 Å². The van der Waals surface area contributed by atoms with E-state index in [4.69, 9.17) is 4.74 Å². The molecule has 2 rings (SSSR count). The average molecular weight is 195 g/mol. The number of allylic oxidation sites excluding steroid dienone is 1. The molecule has 0 N–H and O–H groups in total. The number of ether oxygens (including phenoxy) is 1. The summed E-state index contributed by atoms with van der Waals surface area (Å²) in [6.07, 6.45) is 1.40. The van der Waals surface area contributed by atoms with E-state index in [1.807, 2.05) is 6.92 Å². The lowest BCUT2D eigenvalue weighted by Crippen LogP contribution is -2.46. The largest absolute Gasteiger partial charge is 0.474 e. The summed E-state index contributed by atoms with van der Waals surface area (Å²) >= 11 is 0. The van der Waals surface area contributed by atoms with Crippen LogP contribution in [-0.2, 0) is 14.3 Å². The molecule has 0 aromatic carbocycles. The number of carbonyl (C=O) groups is 2. The Kier molecular flexibility index (Phi) is 1.71. The lowest BCUT2D eigenvalue weighted by Gasteiger charge is -2.30. The summed E-state index contributed by atoms with van der Waals surface area (Å²) in [6, 6.07) is 0. The monoisotopic (exact) mass is 195 g/mol. The minimum Gasteiger partial charge on any atom is -0.474 e. The van der Waals surface area contributed by atoms with Crippen LogP contribution in [0.1, 0.15) is 20.8 Å². The first-order valence-corrected chi connectivity index (χ1v) is 4.67. The third-order valence-corrected chi connectivity index (χ3v) is 2.68. The Morgan fingerprint density at radius 3 is 2.79 bits per heavy atom. The molecule has 0 aliphatic carbocycles. The minimum atomic E-state index is -0.934. The van der Waals surface area contributed by atoms with Gasteiger partial charge in [-0.25, -0.2) is 0 Å². The van der Waals surface area contributed by atoms with Crippen LogP contribution in [0.15, 0.2) is 12.0 Å². The Balaban J connectivity index is 2.42. The third kappa shape index (κ3) is 1.06. The van der Waals surface area contributed by atoms with Gasteiger partial charge in [-0.1, -0.05) is 0 Å². The highest BCUT2D eigenvalue weighted by Gasteiger charge is 2.46. The average Bonchev–Trinajstić information content (AvgIpc) is 2.43. The fourth-order valence-corrected chi connectivity index (χ4v) is 1.68. The predicted octanol–water partition coefficient (Wildman–Crippen LogP) is 0.684. The normalized spacial score (nSPS) is 29.8. The Hall–Kier alpha value is -1.32. The highest BCUT2D eigenvalue weighted by molar-refractivity contribution is 6.13. The topological polar surface area (TPSA) is 46.6 Å². The van der Waals surface area contributed by atoms with Crippen LogP contribution in [0.3, 0.4) is 0 Å². The van der Waals surface area contributed by atoms with Crippen molar-refractivity contribution < 1.29 is 14.3 Å². The molecule has 4 nitrogen and oxygen atoms in total. The molecule has 0 aromatic rings. The SMILES string of the molecule is CC1CN2C(=O)C(C)(C)C(=O)C=C2O1. The number of hydrogen-bond acceptors (Lipinski definition) is 3. The summed E-state index contributed by atoms with van der Waals surface area (Å²) in [5.74, 6) is 0.0685. The van der Waals surface area contributed by atoms with Crippen molar-refractivity contribution in [2.24, 2.45) is 5.41 Å². The van der Waals surface area contributed by atoms with Gasteiger partial charge in [0.25, 0.3) is 0 Å². The first-order chi connectivity index (χ1) is 6.43. The maximum atomic E-state index is 11.9. The molecule has 1 atom stereocenters. The molecule has 4 heteroatoms. The molecule has 1 fully saturated rings. The molecule has 14 heavy (non-hydrogen) atoms. The second-order valence-electron chi connectivity index (χ2n) is 4.32. The van der Waals surface area contributed by atoms with Crippen molar-refractivity contribution in [2.75, 3.05) is 6.54 Å². The molecule has 1 saturated heterocycles. The molecule has 0 radical (unpaired) electrons. The fraction of sp³-hybridized carbons (Fsp3) is 0.600. The van der Waals surface area contributed by atoms with Crippen LogP contribution < -0.4 is 0 Å². The van der Waals surface area contributed by atoms with Crippen molar-refractivity contribution in [3.63, 3.8) is 0 Å². The minimum absolute atomic E-state index is 0.0214. The fourth-order valence-electron chi connectivity index (χ4n) is 1.68. The molecule has 0 saturated carbocycles. The molecule has 0 bridgehead atoms. The van der Waals surface area contributed by atoms with Gasteiger partial charge in [0.05, 0.1) is 6.54 Å². The van der Waals surface area contributed by atoms with Crippen molar-refractivity contribution in [2.45, 2.75) is 26.9 Å². The zero-order valence-electron chi connectivity index (χ0n) is 8.53. The maximum absolute atomic E-state index is 11.9. The Labute approximate surface area is 82.5 Å². The Morgan fingerprint density at radius 1 is 1.50 bits per heavy atom. The van der Waals surface area contributed by atoms with E-state index < -0.39 is 5.41 Å². The Morgan fingerprint density at radius 2 is 2.14 bits per heavy atom. The Bertz CT molecular complexity index is 343. The summed E-state index contributed by atoms with van der Waals surface area (Å²) in [6.45, 7) is 5.72. The number of hydrogen-bond donors (Lipinski definition) is 0. The van der Waals surface area contributed by atoms with Gasteiger partial charge in [-0.3, -0.25) is 14.5 Å². The lowest BCUT2D eigenvalue weighted by molar-refractivity contribution is -0.145. The lowest BCUT2D eigenvalue weighted by atomic mass is 9.84. The van der Waals surface area contributed by atoms with Crippen molar-refractivity contribution in [1.82, 2.24) is 4.90 Å². The van der Waals surface area contributed by atoms with Crippen molar-refractivity contribution >= 4 is 11.7 Å². The quantitative estimate of drug-likeness (QED) is 0.534. The number of fused-ring (bicyclic) bond motifs is 1. The van der Waals surface area contributed by atoms with Gasteiger partial charge in [-0.05, 0) is 20.8 Å². The number of rotatable bonds is 0. The second kappa shape index (κ2) is 2.59. The smallest absolute Gasteiger partial charge is 0.242 e. The van der Waals surface area contributed by atoms with Gasteiger partial charge < -0.3 is 4.74 Å². The second-order valence-corrected chi connectivity index (χ2v) is 4.32. The van der Waals surface area contributed by atoms with E-state index >= 15 is 0 Å². The summed E-state index contributed by atoms with van der Waals surface area (Å²) in [5, 5.41) is 0. The van der Waals surface area contributed by atoms with E-state index in [9.17, 15) is 9.59 Å². The van der Waals surface area contributed by atoms with E-state index in [0.717, 1.165) is 0 Å². The zero-order valence-corrected chi connectivity index (χ0v) is 8.53. The van der Waals surface area contributed by atoms with Gasteiger partial charge in [-0.2, -0.15) is 0 Å². The van der Waals surface area contributed by atoms with Crippen LogP contribution in [0.25, 0.3) is 0 Å². The summed E-state index contributed by atoms with van der Waals surface area (Å²) in [4.78, 5) is 25.0. The van der Waals surface area contributed by atoms with Gasteiger partial charge in [0, 0.05) is 6.08 Å².